The van der Waals surface area contributed by atoms with Gasteiger partial charge in [-0.15, -0.1) is 0 Å². The van der Waals surface area contributed by atoms with Crippen LogP contribution >= 0.6 is 0 Å². The summed E-state index contributed by atoms with van der Waals surface area (Å²) in [5.74, 6) is -1.15. The van der Waals surface area contributed by atoms with Gasteiger partial charge in [0, 0.05) is 18.4 Å². The first kappa shape index (κ1) is 17.2. The third-order valence-electron chi connectivity index (χ3n) is 3.83. The summed E-state index contributed by atoms with van der Waals surface area (Å²) >= 11 is 0. The van der Waals surface area contributed by atoms with Crippen LogP contribution in [-0.2, 0) is 16.0 Å². The largest absolute Gasteiger partial charge is 0.480 e. The number of hydrogen-bond acceptors (Lipinski definition) is 4. The summed E-state index contributed by atoms with van der Waals surface area (Å²) in [5, 5.41) is 9.63. The second kappa shape index (κ2) is 6.98. The van der Waals surface area contributed by atoms with Crippen LogP contribution in [0.3, 0.4) is 0 Å². The molecule has 0 bridgehead atoms. The second-order valence-electron chi connectivity index (χ2n) is 6.88. The maximum atomic E-state index is 12.4. The van der Waals surface area contributed by atoms with Gasteiger partial charge in [0.25, 0.3) is 0 Å². The maximum Gasteiger partial charge on any atom is 0.411 e. The summed E-state index contributed by atoms with van der Waals surface area (Å²) in [4.78, 5) is 29.7. The number of carboxylic acids is 1. The number of pyridine rings is 1. The quantitative estimate of drug-likeness (QED) is 0.926. The molecule has 0 saturated carbocycles. The van der Waals surface area contributed by atoms with Crippen LogP contribution in [0.4, 0.5) is 4.79 Å². The van der Waals surface area contributed by atoms with Crippen molar-refractivity contribution in [3.63, 3.8) is 0 Å². The highest BCUT2D eigenvalue weighted by molar-refractivity contribution is 5.80. The van der Waals surface area contributed by atoms with Crippen molar-refractivity contribution in [3.05, 3.63) is 30.1 Å². The smallest absolute Gasteiger partial charge is 0.411 e. The standard InChI is InChI=1S/C17H24N2O4/c1-17(2,3)23-16(22)19-10-6-7-12(14(19)15(20)21)11-13-8-4-5-9-18-13/h4-5,8-9,12,14H,6-7,10-11H2,1-3H3,(H,20,21). The Morgan fingerprint density at radius 3 is 2.70 bits per heavy atom. The highest BCUT2D eigenvalue weighted by Crippen LogP contribution is 2.28. The molecular formula is C17H24N2O4. The van der Waals surface area contributed by atoms with Gasteiger partial charge < -0.3 is 9.84 Å². The van der Waals surface area contributed by atoms with Crippen LogP contribution in [-0.4, -0.2) is 45.2 Å². The van der Waals surface area contributed by atoms with Crippen LogP contribution in [0.15, 0.2) is 24.4 Å². The molecule has 2 unspecified atom stereocenters. The predicted molar refractivity (Wildman–Crippen MR) is 85.0 cm³/mol. The average Bonchev–Trinajstić information content (AvgIpc) is 2.46. The number of ether oxygens (including phenoxy) is 1. The summed E-state index contributed by atoms with van der Waals surface area (Å²) in [6.45, 7) is 5.73. The summed E-state index contributed by atoms with van der Waals surface area (Å²) in [5.41, 5.74) is 0.198. The summed E-state index contributed by atoms with van der Waals surface area (Å²) in [6.07, 6.45) is 3.19. The minimum absolute atomic E-state index is 0.163. The molecule has 1 amide bonds. The number of hydrogen-bond donors (Lipinski definition) is 1. The van der Waals surface area contributed by atoms with E-state index in [4.69, 9.17) is 4.74 Å². The van der Waals surface area contributed by atoms with Crippen molar-refractivity contribution >= 4 is 12.1 Å². The molecule has 2 atom stereocenters. The van der Waals surface area contributed by atoms with Gasteiger partial charge in [-0.05, 0) is 58.1 Å². The van der Waals surface area contributed by atoms with Crippen LogP contribution in [0.1, 0.15) is 39.3 Å². The van der Waals surface area contributed by atoms with E-state index in [-0.39, 0.29) is 5.92 Å². The topological polar surface area (TPSA) is 79.7 Å². The Kier molecular flexibility index (Phi) is 5.23. The van der Waals surface area contributed by atoms with E-state index in [2.05, 4.69) is 4.98 Å². The molecule has 1 fully saturated rings. The fraction of sp³-hybridized carbons (Fsp3) is 0.588. The van der Waals surface area contributed by atoms with E-state index >= 15 is 0 Å². The number of carboxylic acid groups (broad SMARTS) is 1. The van der Waals surface area contributed by atoms with Crippen molar-refractivity contribution in [1.82, 2.24) is 9.88 Å². The molecule has 126 valence electrons. The predicted octanol–water partition coefficient (Wildman–Crippen LogP) is 2.72. The van der Waals surface area contributed by atoms with E-state index in [9.17, 15) is 14.7 Å². The summed E-state index contributed by atoms with van der Waals surface area (Å²) in [7, 11) is 0. The molecule has 2 heterocycles. The van der Waals surface area contributed by atoms with Crippen molar-refractivity contribution in [2.45, 2.75) is 51.7 Å². The monoisotopic (exact) mass is 320 g/mol. The van der Waals surface area contributed by atoms with Gasteiger partial charge in [-0.3, -0.25) is 9.88 Å². The minimum Gasteiger partial charge on any atom is -0.480 e. The molecular weight excluding hydrogens is 296 g/mol. The van der Waals surface area contributed by atoms with Crippen LogP contribution < -0.4 is 0 Å². The molecule has 2 rings (SSSR count). The van der Waals surface area contributed by atoms with Crippen molar-refractivity contribution in [3.8, 4) is 0 Å². The maximum absolute atomic E-state index is 12.4. The van der Waals surface area contributed by atoms with Gasteiger partial charge >= 0.3 is 12.1 Å². The fourth-order valence-electron chi connectivity index (χ4n) is 2.94. The number of likely N-dealkylation sites (tertiary alicyclic amines) is 1. The van der Waals surface area contributed by atoms with Crippen molar-refractivity contribution < 1.29 is 19.4 Å². The molecule has 6 heteroatoms. The first-order valence-electron chi connectivity index (χ1n) is 7.90. The lowest BCUT2D eigenvalue weighted by Crippen LogP contribution is -2.54. The molecule has 0 radical (unpaired) electrons. The molecule has 1 aromatic heterocycles. The lowest BCUT2D eigenvalue weighted by atomic mass is 9.85. The molecule has 23 heavy (non-hydrogen) atoms. The van der Waals surface area contributed by atoms with Gasteiger partial charge in [0.15, 0.2) is 0 Å². The number of carbonyl (C=O) groups is 2. The molecule has 0 aliphatic carbocycles. The number of aliphatic carboxylic acids is 1. The van der Waals surface area contributed by atoms with Crippen LogP contribution in [0.2, 0.25) is 0 Å². The number of piperidine rings is 1. The third kappa shape index (κ3) is 4.68. The Balaban J connectivity index is 2.16. The first-order chi connectivity index (χ1) is 10.8. The zero-order valence-corrected chi connectivity index (χ0v) is 13.9. The van der Waals surface area contributed by atoms with E-state index in [0.29, 0.717) is 13.0 Å². The van der Waals surface area contributed by atoms with Gasteiger partial charge in [-0.1, -0.05) is 6.07 Å². The average molecular weight is 320 g/mol. The molecule has 1 aliphatic rings. The van der Waals surface area contributed by atoms with Gasteiger partial charge in [0.2, 0.25) is 0 Å². The highest BCUT2D eigenvalue weighted by atomic mass is 16.6. The van der Waals surface area contributed by atoms with Crippen molar-refractivity contribution in [2.75, 3.05) is 6.54 Å². The number of amides is 1. The molecule has 0 spiro atoms. The van der Waals surface area contributed by atoms with E-state index in [0.717, 1.165) is 18.5 Å². The summed E-state index contributed by atoms with van der Waals surface area (Å²) < 4.78 is 5.36. The lowest BCUT2D eigenvalue weighted by molar-refractivity contribution is -0.146. The first-order valence-corrected chi connectivity index (χ1v) is 7.90. The van der Waals surface area contributed by atoms with Crippen molar-refractivity contribution in [2.24, 2.45) is 5.92 Å². The Bertz CT molecular complexity index is 553. The molecule has 1 aromatic rings. The molecule has 6 nitrogen and oxygen atoms in total. The van der Waals surface area contributed by atoms with Crippen LogP contribution in [0.25, 0.3) is 0 Å². The number of carbonyl (C=O) groups excluding carboxylic acids is 1. The van der Waals surface area contributed by atoms with E-state index in [1.54, 1.807) is 27.0 Å². The van der Waals surface area contributed by atoms with Crippen molar-refractivity contribution in [1.29, 1.82) is 0 Å². The zero-order valence-electron chi connectivity index (χ0n) is 13.9. The number of nitrogens with zero attached hydrogens (tertiary/aromatic N) is 2. The fourth-order valence-corrected chi connectivity index (χ4v) is 2.94. The van der Waals surface area contributed by atoms with Gasteiger partial charge in [0.1, 0.15) is 11.6 Å². The number of rotatable bonds is 3. The minimum atomic E-state index is -0.989. The Hall–Kier alpha value is -2.11. The molecule has 1 N–H and O–H groups in total. The normalized spacial score (nSPS) is 21.8. The Labute approximate surface area is 136 Å². The summed E-state index contributed by atoms with van der Waals surface area (Å²) in [6, 6.07) is 4.71. The highest BCUT2D eigenvalue weighted by Gasteiger charge is 2.41. The van der Waals surface area contributed by atoms with Crippen LogP contribution in [0.5, 0.6) is 0 Å². The second-order valence-corrected chi connectivity index (χ2v) is 6.88. The molecule has 1 saturated heterocycles. The van der Waals surface area contributed by atoms with E-state index in [1.807, 2.05) is 18.2 Å². The van der Waals surface area contributed by atoms with E-state index < -0.39 is 23.7 Å². The number of aromatic nitrogens is 1. The van der Waals surface area contributed by atoms with Gasteiger partial charge in [0.05, 0.1) is 0 Å². The van der Waals surface area contributed by atoms with Gasteiger partial charge in [-0.25, -0.2) is 9.59 Å². The zero-order chi connectivity index (χ0) is 17.0. The van der Waals surface area contributed by atoms with Gasteiger partial charge in [-0.2, -0.15) is 0 Å². The molecule has 1 aliphatic heterocycles. The third-order valence-corrected chi connectivity index (χ3v) is 3.83. The molecule has 0 aromatic carbocycles. The SMILES string of the molecule is CC(C)(C)OC(=O)N1CCCC(Cc2ccccn2)C1C(=O)O. The van der Waals surface area contributed by atoms with Crippen LogP contribution in [0, 0.1) is 5.92 Å². The van der Waals surface area contributed by atoms with E-state index in [1.165, 1.54) is 4.90 Å². The lowest BCUT2D eigenvalue weighted by Gasteiger charge is -2.39. The Morgan fingerprint density at radius 1 is 1.39 bits per heavy atom. The Morgan fingerprint density at radius 2 is 2.13 bits per heavy atom.